The number of rotatable bonds is 2. The van der Waals surface area contributed by atoms with E-state index in [1.54, 1.807) is 16.9 Å². The predicted molar refractivity (Wildman–Crippen MR) is 84.7 cm³/mol. The van der Waals surface area contributed by atoms with Gasteiger partial charge in [-0.3, -0.25) is 10.1 Å². The molecule has 0 aliphatic carbocycles. The lowest BCUT2D eigenvalue weighted by molar-refractivity contribution is -0.122. The third kappa shape index (κ3) is 2.46. The number of carbonyl (C=O) groups is 2. The molecule has 2 atom stereocenters. The monoisotopic (exact) mass is 330 g/mol. The molecule has 0 radical (unpaired) electrons. The van der Waals surface area contributed by atoms with Gasteiger partial charge in [-0.1, -0.05) is 0 Å². The van der Waals surface area contributed by atoms with Crippen molar-refractivity contribution >= 4 is 23.3 Å². The zero-order valence-electron chi connectivity index (χ0n) is 13.2. The predicted octanol–water partition coefficient (Wildman–Crippen LogP) is -0.387. The van der Waals surface area contributed by atoms with Gasteiger partial charge in [-0.05, 0) is 19.4 Å². The van der Waals surface area contributed by atoms with Crippen LogP contribution in [0.2, 0.25) is 0 Å². The van der Waals surface area contributed by atoms with Gasteiger partial charge in [0.25, 0.3) is 0 Å². The number of amides is 3. The van der Waals surface area contributed by atoms with Crippen LogP contribution >= 0.6 is 0 Å². The minimum Gasteiger partial charge on any atom is -0.388 e. The summed E-state index contributed by atoms with van der Waals surface area (Å²) in [6.45, 7) is 3.20. The number of nitrogens with one attached hydrogen (secondary N) is 2. The fraction of sp³-hybridized carbons (Fsp3) is 0.467. The number of hydrogen-bond donors (Lipinski definition) is 3. The average Bonchev–Trinajstić information content (AvgIpc) is 3.12. The van der Waals surface area contributed by atoms with Crippen LogP contribution in [0.3, 0.4) is 0 Å². The Kier molecular flexibility index (Phi) is 3.20. The first kappa shape index (κ1) is 14.9. The van der Waals surface area contributed by atoms with Crippen LogP contribution in [0.15, 0.2) is 18.5 Å². The topological polar surface area (TPSA) is 112 Å². The van der Waals surface area contributed by atoms with Crippen LogP contribution in [0.4, 0.5) is 10.5 Å². The van der Waals surface area contributed by atoms with Crippen molar-refractivity contribution in [1.29, 1.82) is 0 Å². The molecule has 0 saturated carbocycles. The maximum absolute atomic E-state index is 12.1. The molecule has 2 aliphatic rings. The number of imide groups is 1. The van der Waals surface area contributed by atoms with E-state index >= 15 is 0 Å². The first-order valence-corrected chi connectivity index (χ1v) is 7.83. The van der Waals surface area contributed by atoms with E-state index in [-0.39, 0.29) is 12.5 Å². The highest BCUT2D eigenvalue weighted by Crippen LogP contribution is 2.31. The second kappa shape index (κ2) is 5.17. The summed E-state index contributed by atoms with van der Waals surface area (Å²) in [5.74, 6) is -0.929. The second-order valence-corrected chi connectivity index (χ2v) is 6.57. The summed E-state index contributed by atoms with van der Waals surface area (Å²) in [5.41, 5.74) is 1.31. The van der Waals surface area contributed by atoms with E-state index < -0.39 is 17.6 Å². The molecule has 3 amide bonds. The minimum atomic E-state index is -0.747. The molecule has 2 aromatic rings. The van der Waals surface area contributed by atoms with Gasteiger partial charge in [-0.25, -0.2) is 14.3 Å². The van der Waals surface area contributed by atoms with E-state index in [4.69, 9.17) is 0 Å². The molecule has 126 valence electrons. The number of aromatic nitrogens is 3. The Bertz CT molecular complexity index is 830. The van der Waals surface area contributed by atoms with Crippen molar-refractivity contribution in [3.63, 3.8) is 0 Å². The molecule has 0 bridgehead atoms. The highest BCUT2D eigenvalue weighted by atomic mass is 16.3. The van der Waals surface area contributed by atoms with Gasteiger partial charge in [0.05, 0.1) is 22.9 Å². The maximum Gasteiger partial charge on any atom is 0.321 e. The van der Waals surface area contributed by atoms with E-state index in [2.05, 4.69) is 20.7 Å². The van der Waals surface area contributed by atoms with E-state index in [1.807, 2.05) is 17.9 Å². The average molecular weight is 330 g/mol. The van der Waals surface area contributed by atoms with E-state index in [0.29, 0.717) is 30.9 Å². The molecule has 4 heterocycles. The first-order valence-electron chi connectivity index (χ1n) is 7.83. The fourth-order valence-corrected chi connectivity index (χ4v) is 3.24. The summed E-state index contributed by atoms with van der Waals surface area (Å²) in [5, 5.41) is 19.6. The Hall–Kier alpha value is -2.68. The van der Waals surface area contributed by atoms with Gasteiger partial charge in [-0.15, -0.1) is 0 Å². The number of urea groups is 1. The van der Waals surface area contributed by atoms with Crippen molar-refractivity contribution in [2.75, 3.05) is 24.5 Å². The van der Waals surface area contributed by atoms with Crippen LogP contribution in [0, 0.1) is 0 Å². The minimum absolute atomic E-state index is 0.203. The van der Waals surface area contributed by atoms with Gasteiger partial charge >= 0.3 is 6.03 Å². The lowest BCUT2D eigenvalue weighted by Crippen LogP contribution is -2.51. The highest BCUT2D eigenvalue weighted by molar-refractivity contribution is 6.00. The maximum atomic E-state index is 12.1. The van der Waals surface area contributed by atoms with Crippen molar-refractivity contribution in [3.8, 4) is 0 Å². The number of β-amino-alcohol motifs (C(OH)–C–C–N with tert-alkyl or cyclic N) is 1. The molecule has 2 unspecified atom stereocenters. The lowest BCUT2D eigenvalue weighted by atomic mass is 10.0. The van der Waals surface area contributed by atoms with Crippen LogP contribution in [0.5, 0.6) is 0 Å². The summed E-state index contributed by atoms with van der Waals surface area (Å²) in [7, 11) is 0. The summed E-state index contributed by atoms with van der Waals surface area (Å²) in [6.07, 6.45) is 4.03. The van der Waals surface area contributed by atoms with Gasteiger partial charge in [0.2, 0.25) is 5.91 Å². The Balaban J connectivity index is 1.75. The summed E-state index contributed by atoms with van der Waals surface area (Å²) in [6, 6.07) is 1.33. The Labute approximate surface area is 137 Å². The van der Waals surface area contributed by atoms with Gasteiger partial charge in [0.15, 0.2) is 5.65 Å². The quantitative estimate of drug-likeness (QED) is 0.692. The molecule has 4 rings (SSSR count). The molecule has 24 heavy (non-hydrogen) atoms. The number of aliphatic hydroxyl groups is 1. The standard InChI is InChI=1S/C15H18N6O3/c1-15(24)2-4-20(8-15)11-6-10(19-21-5-3-16-12(11)21)9-7-17-14(23)18-13(9)22/h3,5-6,9,24H,2,4,7-8H2,1H3,(H2,17,18,22,23). The summed E-state index contributed by atoms with van der Waals surface area (Å²) < 4.78 is 1.63. The molecule has 2 aromatic heterocycles. The molecule has 3 N–H and O–H groups in total. The largest absolute Gasteiger partial charge is 0.388 e. The Morgan fingerprint density at radius 1 is 1.42 bits per heavy atom. The van der Waals surface area contributed by atoms with Crippen LogP contribution in [-0.2, 0) is 4.79 Å². The lowest BCUT2D eigenvalue weighted by Gasteiger charge is -2.25. The third-order valence-electron chi connectivity index (χ3n) is 4.53. The van der Waals surface area contributed by atoms with Crippen molar-refractivity contribution in [2.45, 2.75) is 24.9 Å². The van der Waals surface area contributed by atoms with Crippen molar-refractivity contribution in [2.24, 2.45) is 0 Å². The Morgan fingerprint density at radius 2 is 2.25 bits per heavy atom. The molecule has 2 fully saturated rings. The van der Waals surface area contributed by atoms with Crippen molar-refractivity contribution in [3.05, 3.63) is 24.2 Å². The SMILES string of the molecule is CC1(O)CCN(c2cc(C3CNC(=O)NC3=O)nn3ccnc23)C1. The van der Waals surface area contributed by atoms with Gasteiger partial charge < -0.3 is 15.3 Å². The molecule has 9 nitrogen and oxygen atoms in total. The van der Waals surface area contributed by atoms with Gasteiger partial charge in [0.1, 0.15) is 0 Å². The number of fused-ring (bicyclic) bond motifs is 1. The van der Waals surface area contributed by atoms with Crippen LogP contribution < -0.4 is 15.5 Å². The number of hydrogen-bond acceptors (Lipinski definition) is 6. The fourth-order valence-electron chi connectivity index (χ4n) is 3.24. The first-order chi connectivity index (χ1) is 11.4. The molecular formula is C15H18N6O3. The summed E-state index contributed by atoms with van der Waals surface area (Å²) >= 11 is 0. The zero-order valence-corrected chi connectivity index (χ0v) is 13.2. The molecular weight excluding hydrogens is 312 g/mol. The number of carbonyl (C=O) groups excluding carboxylic acids is 2. The Morgan fingerprint density at radius 3 is 2.96 bits per heavy atom. The molecule has 2 saturated heterocycles. The van der Waals surface area contributed by atoms with E-state index in [1.165, 1.54) is 0 Å². The molecule has 0 spiro atoms. The van der Waals surface area contributed by atoms with Crippen molar-refractivity contribution < 1.29 is 14.7 Å². The molecule has 9 heteroatoms. The number of anilines is 1. The third-order valence-corrected chi connectivity index (χ3v) is 4.53. The van der Waals surface area contributed by atoms with Gasteiger partial charge in [-0.2, -0.15) is 5.10 Å². The zero-order chi connectivity index (χ0) is 16.9. The van der Waals surface area contributed by atoms with E-state index in [9.17, 15) is 14.7 Å². The van der Waals surface area contributed by atoms with E-state index in [0.717, 1.165) is 5.69 Å². The second-order valence-electron chi connectivity index (χ2n) is 6.57. The number of nitrogens with zero attached hydrogens (tertiary/aromatic N) is 4. The smallest absolute Gasteiger partial charge is 0.321 e. The number of imidazole rings is 1. The molecule has 0 aromatic carbocycles. The normalized spacial score (nSPS) is 27.4. The van der Waals surface area contributed by atoms with Crippen LogP contribution in [-0.4, -0.2) is 56.9 Å². The summed E-state index contributed by atoms with van der Waals surface area (Å²) in [4.78, 5) is 29.8. The van der Waals surface area contributed by atoms with Crippen molar-refractivity contribution in [1.82, 2.24) is 25.2 Å². The molecule has 2 aliphatic heterocycles. The highest BCUT2D eigenvalue weighted by Gasteiger charge is 2.34. The van der Waals surface area contributed by atoms with Gasteiger partial charge in [0, 0.05) is 32.0 Å². The van der Waals surface area contributed by atoms with Crippen LogP contribution in [0.25, 0.3) is 5.65 Å². The van der Waals surface area contributed by atoms with Crippen LogP contribution in [0.1, 0.15) is 25.0 Å².